The fourth-order valence-electron chi connectivity index (χ4n) is 6.57. The van der Waals surface area contributed by atoms with Gasteiger partial charge < -0.3 is 28.5 Å². The van der Waals surface area contributed by atoms with Crippen LogP contribution in [0.5, 0.6) is 28.7 Å². The third-order valence-corrected chi connectivity index (χ3v) is 9.65. The monoisotopic (exact) mass is 699 g/mol. The number of piperidine rings is 1. The first-order valence-electron chi connectivity index (χ1n) is 17.0. The summed E-state index contributed by atoms with van der Waals surface area (Å²) in [6.45, 7) is 7.56. The fraction of sp³-hybridized carbons (Fsp3) is 0.611. The van der Waals surface area contributed by atoms with Gasteiger partial charge in [0.05, 0.1) is 39.9 Å². The molecule has 1 aliphatic heterocycles. The molecule has 0 spiro atoms. The Labute approximate surface area is 295 Å². The molecule has 0 saturated carbocycles. The summed E-state index contributed by atoms with van der Waals surface area (Å²) in [5.74, 6) is 2.27. The van der Waals surface area contributed by atoms with Crippen LogP contribution in [0.15, 0.2) is 30.3 Å². The lowest BCUT2D eigenvalue weighted by atomic mass is 9.74. The van der Waals surface area contributed by atoms with Crippen LogP contribution in [0.2, 0.25) is 0 Å². The number of carbonyl (C=O) groups excluding carboxylic acids is 1. The smallest absolute Gasteiger partial charge is 0.294 e. The molecular weight excluding hydrogens is 646 g/mol. The molecule has 1 saturated heterocycles. The highest BCUT2D eigenvalue weighted by Gasteiger charge is 2.34. The van der Waals surface area contributed by atoms with Crippen LogP contribution < -0.4 is 29.1 Å². The largest absolute Gasteiger partial charge is 0.493 e. The van der Waals surface area contributed by atoms with Crippen LogP contribution in [0.25, 0.3) is 0 Å². The van der Waals surface area contributed by atoms with E-state index in [-0.39, 0.29) is 24.5 Å². The summed E-state index contributed by atoms with van der Waals surface area (Å²) in [6.07, 6.45) is 3.82. The Balaban J connectivity index is 1.58. The lowest BCUT2D eigenvalue weighted by molar-refractivity contribution is -0.769. The molecule has 1 fully saturated rings. The van der Waals surface area contributed by atoms with Gasteiger partial charge in [-0.15, -0.1) is 10.1 Å². The van der Waals surface area contributed by atoms with Crippen molar-refractivity contribution in [2.45, 2.75) is 76.9 Å². The first kappa shape index (κ1) is 40.0. The Bertz CT molecular complexity index is 1430. The van der Waals surface area contributed by atoms with E-state index in [1.807, 2.05) is 24.3 Å². The topological polar surface area (TPSA) is 158 Å². The Morgan fingerprint density at radius 3 is 2.22 bits per heavy atom. The lowest BCUT2D eigenvalue weighted by Gasteiger charge is -2.33. The van der Waals surface area contributed by atoms with E-state index in [1.165, 1.54) is 0 Å². The van der Waals surface area contributed by atoms with Gasteiger partial charge in [-0.2, -0.15) is 5.26 Å². The molecule has 0 aromatic heterocycles. The number of carbonyl (C=O) groups is 1. The van der Waals surface area contributed by atoms with Crippen molar-refractivity contribution in [1.82, 2.24) is 15.3 Å². The van der Waals surface area contributed by atoms with Crippen molar-refractivity contribution in [1.29, 1.82) is 5.26 Å². The minimum Gasteiger partial charge on any atom is -0.493 e. The summed E-state index contributed by atoms with van der Waals surface area (Å²) >= 11 is 0. The molecule has 1 N–H and O–H groups in total. The van der Waals surface area contributed by atoms with Crippen molar-refractivity contribution in [3.05, 3.63) is 51.6 Å². The van der Waals surface area contributed by atoms with E-state index in [4.69, 9.17) is 23.7 Å². The molecule has 276 valence electrons. The van der Waals surface area contributed by atoms with Crippen LogP contribution in [0, 0.1) is 27.4 Å². The average Bonchev–Trinajstić information content (AvgIpc) is 3.12. The first-order chi connectivity index (χ1) is 23.9. The van der Waals surface area contributed by atoms with Crippen LogP contribution in [-0.2, 0) is 15.0 Å². The van der Waals surface area contributed by atoms with E-state index in [0.29, 0.717) is 67.5 Å². The van der Waals surface area contributed by atoms with E-state index >= 15 is 0 Å². The van der Waals surface area contributed by atoms with Crippen molar-refractivity contribution >= 4 is 5.91 Å². The highest BCUT2D eigenvalue weighted by molar-refractivity contribution is 5.77. The summed E-state index contributed by atoms with van der Waals surface area (Å²) in [7, 11) is 8.33. The van der Waals surface area contributed by atoms with Gasteiger partial charge in [-0.25, -0.2) is 5.01 Å². The highest BCUT2D eigenvalue weighted by atomic mass is 17.0. The standard InChI is InChI=1S/C36H53N5O9/c1-9-15-36(24-37,29-21-32(46-6)35(48-8)33(22-29)47-7)16-10-17-39(4)25(2)28-11-12-30(31(20-28)45-5)49-23-34(42)38-40-18-13-27(14-19-40)26(3)50-41(43)44/h11-12,20-22,25-27H,9-10,13-19,23H2,1-8H3,(H,38,42). The first-order valence-corrected chi connectivity index (χ1v) is 17.0. The van der Waals surface area contributed by atoms with Crippen molar-refractivity contribution in [2.75, 3.05) is 61.7 Å². The molecule has 14 nitrogen and oxygen atoms in total. The maximum atomic E-state index is 12.6. The lowest BCUT2D eigenvalue weighted by Crippen LogP contribution is -2.49. The van der Waals surface area contributed by atoms with E-state index in [0.717, 1.165) is 30.5 Å². The number of nitrogens with one attached hydrogen (secondary N) is 1. The average molecular weight is 700 g/mol. The maximum Gasteiger partial charge on any atom is 0.294 e. The van der Waals surface area contributed by atoms with E-state index < -0.39 is 16.6 Å². The van der Waals surface area contributed by atoms with Gasteiger partial charge in [0.15, 0.2) is 29.6 Å². The number of rotatable bonds is 20. The molecule has 0 bridgehead atoms. The summed E-state index contributed by atoms with van der Waals surface area (Å²) in [5.41, 5.74) is 4.00. The van der Waals surface area contributed by atoms with Crippen LogP contribution in [0.3, 0.4) is 0 Å². The predicted molar refractivity (Wildman–Crippen MR) is 187 cm³/mol. The normalized spacial score (nSPS) is 16.0. The molecule has 0 aliphatic carbocycles. The van der Waals surface area contributed by atoms with Crippen LogP contribution in [0.1, 0.15) is 76.5 Å². The zero-order valence-electron chi connectivity index (χ0n) is 30.7. The zero-order valence-corrected chi connectivity index (χ0v) is 30.7. The van der Waals surface area contributed by atoms with Gasteiger partial charge in [-0.1, -0.05) is 19.4 Å². The second-order valence-electron chi connectivity index (χ2n) is 12.7. The van der Waals surface area contributed by atoms with E-state index in [1.54, 1.807) is 46.4 Å². The summed E-state index contributed by atoms with van der Waals surface area (Å²) in [4.78, 5) is 30.2. The SMILES string of the molecule is CCCC(C#N)(CCCN(C)C(C)c1ccc(OCC(=O)NN2CCC(C(C)O[N+](=O)[O-])CC2)c(OC)c1)c1cc(OC)c(OC)c(OC)c1. The molecule has 2 aromatic rings. The molecule has 0 radical (unpaired) electrons. The van der Waals surface area contributed by atoms with Gasteiger partial charge in [-0.05, 0) is 101 Å². The molecule has 3 unspecified atom stereocenters. The number of hydrogen-bond donors (Lipinski definition) is 1. The summed E-state index contributed by atoms with van der Waals surface area (Å²) < 4.78 is 28.1. The van der Waals surface area contributed by atoms with E-state index in [9.17, 15) is 20.2 Å². The van der Waals surface area contributed by atoms with Crippen molar-refractivity contribution in [2.24, 2.45) is 5.92 Å². The van der Waals surface area contributed by atoms with Gasteiger partial charge >= 0.3 is 0 Å². The van der Waals surface area contributed by atoms with Crippen LogP contribution in [0.4, 0.5) is 0 Å². The number of nitriles is 1. The molecule has 14 heteroatoms. The molecule has 1 amide bonds. The molecular formula is C36H53N5O9. The zero-order chi connectivity index (χ0) is 36.8. The highest BCUT2D eigenvalue weighted by Crippen LogP contribution is 2.44. The maximum absolute atomic E-state index is 12.6. The second-order valence-corrected chi connectivity index (χ2v) is 12.7. The van der Waals surface area contributed by atoms with E-state index in [2.05, 4.69) is 42.1 Å². The van der Waals surface area contributed by atoms with Gasteiger partial charge in [0.1, 0.15) is 6.10 Å². The van der Waals surface area contributed by atoms with Gasteiger partial charge in [0.25, 0.3) is 11.0 Å². The van der Waals surface area contributed by atoms with Gasteiger partial charge in [-0.3, -0.25) is 15.1 Å². The van der Waals surface area contributed by atoms with Crippen molar-refractivity contribution in [3.8, 4) is 34.8 Å². The fourth-order valence-corrected chi connectivity index (χ4v) is 6.57. The van der Waals surface area contributed by atoms with Gasteiger partial charge in [0, 0.05) is 19.1 Å². The molecule has 2 aromatic carbocycles. The quantitative estimate of drug-likeness (QED) is 0.137. The Morgan fingerprint density at radius 1 is 1.04 bits per heavy atom. The van der Waals surface area contributed by atoms with Gasteiger partial charge in [0.2, 0.25) is 5.75 Å². The van der Waals surface area contributed by atoms with Crippen molar-refractivity contribution in [3.63, 3.8) is 0 Å². The Hall–Kier alpha value is -4.48. The minimum absolute atomic E-state index is 0.0338. The summed E-state index contributed by atoms with van der Waals surface area (Å²) in [6, 6.07) is 12.1. The van der Waals surface area contributed by atoms with Crippen LogP contribution >= 0.6 is 0 Å². The molecule has 3 rings (SSSR count). The Morgan fingerprint density at radius 2 is 1.68 bits per heavy atom. The molecule has 1 heterocycles. The second kappa shape index (κ2) is 19.1. The number of nitrogens with zero attached hydrogens (tertiary/aromatic N) is 4. The number of methoxy groups -OCH3 is 4. The number of amides is 1. The number of ether oxygens (including phenoxy) is 5. The third kappa shape index (κ3) is 10.3. The summed E-state index contributed by atoms with van der Waals surface area (Å²) in [5, 5.41) is 22.2. The van der Waals surface area contributed by atoms with Crippen molar-refractivity contribution < 1.29 is 38.4 Å². The third-order valence-electron chi connectivity index (χ3n) is 9.65. The number of hydrazine groups is 1. The molecule has 3 atom stereocenters. The minimum atomic E-state index is -0.757. The number of benzene rings is 2. The van der Waals surface area contributed by atoms with Crippen LogP contribution in [-0.4, -0.2) is 88.7 Å². The predicted octanol–water partition coefficient (Wildman–Crippen LogP) is 5.47. The number of hydrogen-bond acceptors (Lipinski definition) is 12. The molecule has 50 heavy (non-hydrogen) atoms. The molecule has 1 aliphatic rings. The Kier molecular flexibility index (Phi) is 15.2.